The molecule has 1 atom stereocenters. The molecule has 2 aromatic rings. The normalized spacial score (nSPS) is 15.9. The molecule has 0 saturated heterocycles. The summed E-state index contributed by atoms with van der Waals surface area (Å²) in [5.74, 6) is 1.13. The van der Waals surface area contributed by atoms with Gasteiger partial charge >= 0.3 is 0 Å². The first kappa shape index (κ1) is 19.9. The summed E-state index contributed by atoms with van der Waals surface area (Å²) in [7, 11) is -3.77. The van der Waals surface area contributed by atoms with E-state index in [4.69, 9.17) is 14.6 Å². The number of rotatable bonds is 6. The molecule has 28 heavy (non-hydrogen) atoms. The van der Waals surface area contributed by atoms with Gasteiger partial charge in [0.05, 0.1) is 11.5 Å². The van der Waals surface area contributed by atoms with E-state index in [-0.39, 0.29) is 16.9 Å². The van der Waals surface area contributed by atoms with Crippen LogP contribution in [0, 0.1) is 0 Å². The summed E-state index contributed by atoms with van der Waals surface area (Å²) in [5.41, 5.74) is 2.29. The van der Waals surface area contributed by atoms with Crippen molar-refractivity contribution in [3.05, 3.63) is 53.6 Å². The molecule has 0 fully saturated rings. The van der Waals surface area contributed by atoms with Gasteiger partial charge < -0.3 is 14.8 Å². The maximum atomic E-state index is 12.2. The summed E-state index contributed by atoms with van der Waals surface area (Å²) in [6.45, 7) is 4.42. The number of benzene rings is 2. The molecule has 0 spiro atoms. The third kappa shape index (κ3) is 4.71. The standard InChI is InChI=1S/C20H22N2O5S/c1-3-26-18-12-15-10-13(2)27-19(15)11-14(18)4-9-20(23)22-16-5-7-17(8-6-16)28(21,24)25/h4-9,11-13H,3,10H2,1-2H3,(H,22,23)(H2,21,24,25)/b9-4+/t13-/m0/s1. The number of sulfonamides is 1. The molecule has 0 aliphatic carbocycles. The van der Waals surface area contributed by atoms with Gasteiger partial charge in [0.15, 0.2) is 0 Å². The number of hydrogen-bond acceptors (Lipinski definition) is 5. The largest absolute Gasteiger partial charge is 0.493 e. The molecule has 8 heteroatoms. The van der Waals surface area contributed by atoms with Crippen molar-refractivity contribution < 1.29 is 22.7 Å². The molecule has 148 valence electrons. The Balaban J connectivity index is 1.74. The van der Waals surface area contributed by atoms with Gasteiger partial charge in [-0.1, -0.05) is 0 Å². The third-order valence-corrected chi connectivity index (χ3v) is 5.12. The van der Waals surface area contributed by atoms with Crippen molar-refractivity contribution in [1.29, 1.82) is 0 Å². The maximum Gasteiger partial charge on any atom is 0.248 e. The number of hydrogen-bond donors (Lipinski definition) is 2. The minimum absolute atomic E-state index is 0.0187. The van der Waals surface area contributed by atoms with Crippen LogP contribution < -0.4 is 19.9 Å². The Kier molecular flexibility index (Phi) is 5.71. The molecule has 7 nitrogen and oxygen atoms in total. The van der Waals surface area contributed by atoms with Gasteiger partial charge in [-0.05, 0) is 56.3 Å². The second kappa shape index (κ2) is 8.04. The average molecular weight is 402 g/mol. The number of carbonyl (C=O) groups excluding carboxylic acids is 1. The maximum absolute atomic E-state index is 12.2. The van der Waals surface area contributed by atoms with E-state index in [1.165, 1.54) is 30.3 Å². The van der Waals surface area contributed by atoms with E-state index in [0.717, 1.165) is 23.3 Å². The molecule has 0 bridgehead atoms. The van der Waals surface area contributed by atoms with E-state index in [9.17, 15) is 13.2 Å². The van der Waals surface area contributed by atoms with Gasteiger partial charge in [0.1, 0.15) is 17.6 Å². The van der Waals surface area contributed by atoms with Crippen molar-refractivity contribution in [3.8, 4) is 11.5 Å². The lowest BCUT2D eigenvalue weighted by molar-refractivity contribution is -0.111. The number of primary sulfonamides is 1. The van der Waals surface area contributed by atoms with E-state index >= 15 is 0 Å². The molecular weight excluding hydrogens is 380 g/mol. The molecule has 1 amide bonds. The van der Waals surface area contributed by atoms with Crippen molar-refractivity contribution in [3.63, 3.8) is 0 Å². The number of carbonyl (C=O) groups is 1. The van der Waals surface area contributed by atoms with Gasteiger partial charge in [0.2, 0.25) is 15.9 Å². The zero-order valence-corrected chi connectivity index (χ0v) is 16.5. The molecule has 2 aromatic carbocycles. The Hall–Kier alpha value is -2.84. The molecule has 1 aliphatic rings. The van der Waals surface area contributed by atoms with E-state index in [1.54, 1.807) is 6.08 Å². The topological polar surface area (TPSA) is 108 Å². The number of nitrogens with two attached hydrogens (primary N) is 1. The quantitative estimate of drug-likeness (QED) is 0.723. The molecule has 3 N–H and O–H groups in total. The smallest absolute Gasteiger partial charge is 0.248 e. The van der Waals surface area contributed by atoms with Crippen molar-refractivity contribution in [2.24, 2.45) is 5.14 Å². The van der Waals surface area contributed by atoms with E-state index in [1.807, 2.05) is 26.0 Å². The fourth-order valence-corrected chi connectivity index (χ4v) is 3.46. The highest BCUT2D eigenvalue weighted by Gasteiger charge is 2.21. The first-order valence-corrected chi connectivity index (χ1v) is 10.4. The Morgan fingerprint density at radius 3 is 2.68 bits per heavy atom. The third-order valence-electron chi connectivity index (χ3n) is 4.19. The minimum atomic E-state index is -3.77. The first-order valence-electron chi connectivity index (χ1n) is 8.84. The summed E-state index contributed by atoms with van der Waals surface area (Å²) in [5, 5.41) is 7.73. The van der Waals surface area contributed by atoms with E-state index in [2.05, 4.69) is 5.32 Å². The summed E-state index contributed by atoms with van der Waals surface area (Å²) in [4.78, 5) is 12.2. The Bertz CT molecular complexity index is 1010. The highest BCUT2D eigenvalue weighted by atomic mass is 32.2. The minimum Gasteiger partial charge on any atom is -0.493 e. The van der Waals surface area contributed by atoms with Gasteiger partial charge in [-0.25, -0.2) is 13.6 Å². The zero-order valence-electron chi connectivity index (χ0n) is 15.6. The lowest BCUT2D eigenvalue weighted by Crippen LogP contribution is -2.12. The Labute approximate surface area is 164 Å². The van der Waals surface area contributed by atoms with Crippen LogP contribution in [0.4, 0.5) is 5.69 Å². The highest BCUT2D eigenvalue weighted by Crippen LogP contribution is 2.35. The second-order valence-corrected chi connectivity index (χ2v) is 8.02. The second-order valence-electron chi connectivity index (χ2n) is 6.46. The van der Waals surface area contributed by atoms with Crippen LogP contribution in [0.15, 0.2) is 47.4 Å². The van der Waals surface area contributed by atoms with Gasteiger partial charge in [-0.3, -0.25) is 4.79 Å². The van der Waals surface area contributed by atoms with E-state index in [0.29, 0.717) is 18.0 Å². The zero-order chi connectivity index (χ0) is 20.3. The Morgan fingerprint density at radius 2 is 2.04 bits per heavy atom. The molecule has 1 heterocycles. The lowest BCUT2D eigenvalue weighted by atomic mass is 10.1. The summed E-state index contributed by atoms with van der Waals surface area (Å²) >= 11 is 0. The SMILES string of the molecule is CCOc1cc2c(cc1/C=C/C(=O)Nc1ccc(S(N)(=O)=O)cc1)O[C@@H](C)C2. The van der Waals surface area contributed by atoms with Crippen molar-refractivity contribution in [2.75, 3.05) is 11.9 Å². The monoisotopic (exact) mass is 402 g/mol. The van der Waals surface area contributed by atoms with Crippen LogP contribution in [0.2, 0.25) is 0 Å². The molecule has 0 unspecified atom stereocenters. The van der Waals surface area contributed by atoms with Crippen LogP contribution in [0.5, 0.6) is 11.5 Å². The molecule has 0 saturated carbocycles. The van der Waals surface area contributed by atoms with E-state index < -0.39 is 10.0 Å². The van der Waals surface area contributed by atoms with Gasteiger partial charge in [0.25, 0.3) is 0 Å². The lowest BCUT2D eigenvalue weighted by Gasteiger charge is -2.10. The number of ether oxygens (including phenoxy) is 2. The summed E-state index contributed by atoms with van der Waals surface area (Å²) in [6, 6.07) is 9.44. The van der Waals surface area contributed by atoms with Crippen LogP contribution in [0.3, 0.4) is 0 Å². The average Bonchev–Trinajstić information content (AvgIpc) is 2.98. The predicted octanol–water partition coefficient (Wildman–Crippen LogP) is 2.71. The van der Waals surface area contributed by atoms with Crippen LogP contribution >= 0.6 is 0 Å². The molecule has 0 radical (unpaired) electrons. The molecule has 1 aliphatic heterocycles. The van der Waals surface area contributed by atoms with Crippen LogP contribution in [0.25, 0.3) is 6.08 Å². The van der Waals surface area contributed by atoms with Gasteiger partial charge in [0, 0.05) is 29.3 Å². The predicted molar refractivity (Wildman–Crippen MR) is 107 cm³/mol. The van der Waals surface area contributed by atoms with Crippen molar-refractivity contribution >= 4 is 27.7 Å². The van der Waals surface area contributed by atoms with Crippen LogP contribution in [-0.4, -0.2) is 27.0 Å². The molecule has 3 rings (SSSR count). The number of nitrogens with one attached hydrogen (secondary N) is 1. The fourth-order valence-electron chi connectivity index (χ4n) is 2.94. The van der Waals surface area contributed by atoms with Gasteiger partial charge in [-0.2, -0.15) is 0 Å². The summed E-state index contributed by atoms with van der Waals surface area (Å²) in [6.07, 6.45) is 3.99. The highest BCUT2D eigenvalue weighted by molar-refractivity contribution is 7.89. The Morgan fingerprint density at radius 1 is 1.32 bits per heavy atom. The first-order chi connectivity index (χ1) is 13.3. The summed E-state index contributed by atoms with van der Waals surface area (Å²) < 4.78 is 34.0. The van der Waals surface area contributed by atoms with Crippen molar-refractivity contribution in [1.82, 2.24) is 0 Å². The number of amides is 1. The molecular formula is C20H22N2O5S. The number of anilines is 1. The fraction of sp³-hybridized carbons (Fsp3) is 0.250. The molecule has 0 aromatic heterocycles. The van der Waals surface area contributed by atoms with Crippen molar-refractivity contribution in [2.45, 2.75) is 31.3 Å². The number of fused-ring (bicyclic) bond motifs is 1. The van der Waals surface area contributed by atoms with Crippen LogP contribution in [0.1, 0.15) is 25.0 Å². The van der Waals surface area contributed by atoms with Gasteiger partial charge in [-0.15, -0.1) is 0 Å². The van der Waals surface area contributed by atoms with Crippen LogP contribution in [-0.2, 0) is 21.2 Å².